The van der Waals surface area contributed by atoms with E-state index in [-0.39, 0.29) is 5.91 Å². The normalized spacial score (nSPS) is 10.6. The number of alkyl halides is 1. The van der Waals surface area contributed by atoms with E-state index in [4.69, 9.17) is 5.26 Å². The molecule has 0 atom stereocenters. The lowest BCUT2D eigenvalue weighted by Gasteiger charge is -2.28. The van der Waals surface area contributed by atoms with Crippen molar-refractivity contribution in [2.75, 3.05) is 12.4 Å². The van der Waals surface area contributed by atoms with Crippen LogP contribution in [0.25, 0.3) is 0 Å². The SMILES string of the molecule is CN(C(=O)CCBr)C(C)(C)C#N. The first-order chi connectivity index (χ1) is 5.45. The highest BCUT2D eigenvalue weighted by Gasteiger charge is 2.26. The van der Waals surface area contributed by atoms with Gasteiger partial charge in [-0.25, -0.2) is 0 Å². The Morgan fingerprint density at radius 2 is 2.17 bits per heavy atom. The summed E-state index contributed by atoms with van der Waals surface area (Å²) in [6, 6.07) is 2.07. The van der Waals surface area contributed by atoms with Crippen molar-refractivity contribution in [1.29, 1.82) is 5.26 Å². The molecule has 0 radical (unpaired) electrons. The highest BCUT2D eigenvalue weighted by Crippen LogP contribution is 2.11. The average molecular weight is 233 g/mol. The topological polar surface area (TPSA) is 44.1 Å². The van der Waals surface area contributed by atoms with E-state index >= 15 is 0 Å². The Bertz CT molecular complexity index is 208. The lowest BCUT2D eigenvalue weighted by atomic mass is 10.1. The van der Waals surface area contributed by atoms with Crippen LogP contribution in [-0.4, -0.2) is 28.7 Å². The third-order valence-corrected chi connectivity index (χ3v) is 2.19. The first kappa shape index (κ1) is 11.4. The quantitative estimate of drug-likeness (QED) is 0.694. The van der Waals surface area contributed by atoms with Crippen molar-refractivity contribution in [3.63, 3.8) is 0 Å². The fourth-order valence-corrected chi connectivity index (χ4v) is 0.974. The Morgan fingerprint density at radius 3 is 2.50 bits per heavy atom. The summed E-state index contributed by atoms with van der Waals surface area (Å²) < 4.78 is 0. The molecule has 3 nitrogen and oxygen atoms in total. The molecule has 0 aliphatic rings. The average Bonchev–Trinajstić information content (AvgIpc) is 2.03. The van der Waals surface area contributed by atoms with Crippen LogP contribution in [0.1, 0.15) is 20.3 Å². The van der Waals surface area contributed by atoms with Crippen LogP contribution < -0.4 is 0 Å². The summed E-state index contributed by atoms with van der Waals surface area (Å²) in [5.74, 6) is -0.0153. The minimum absolute atomic E-state index is 0.0153. The third kappa shape index (κ3) is 2.82. The van der Waals surface area contributed by atoms with Crippen molar-refractivity contribution in [1.82, 2.24) is 4.90 Å². The molecule has 1 amide bonds. The van der Waals surface area contributed by atoms with Crippen LogP contribution in [0.5, 0.6) is 0 Å². The van der Waals surface area contributed by atoms with Gasteiger partial charge in [0.15, 0.2) is 0 Å². The molecule has 0 aliphatic carbocycles. The number of nitrogens with zero attached hydrogens (tertiary/aromatic N) is 2. The van der Waals surface area contributed by atoms with E-state index in [0.29, 0.717) is 11.8 Å². The molecule has 0 spiro atoms. The Labute approximate surface area is 81.5 Å². The zero-order chi connectivity index (χ0) is 9.78. The van der Waals surface area contributed by atoms with Gasteiger partial charge in [-0.15, -0.1) is 0 Å². The van der Waals surface area contributed by atoms with E-state index < -0.39 is 5.54 Å². The molecule has 0 aromatic rings. The van der Waals surface area contributed by atoms with Gasteiger partial charge in [0, 0.05) is 18.8 Å². The Balaban J connectivity index is 4.30. The summed E-state index contributed by atoms with van der Waals surface area (Å²) in [6.45, 7) is 3.44. The molecule has 0 saturated carbocycles. The first-order valence-electron chi connectivity index (χ1n) is 3.69. The molecule has 0 saturated heterocycles. The molecule has 0 N–H and O–H groups in total. The molecule has 0 bridgehead atoms. The van der Waals surface area contributed by atoms with Gasteiger partial charge < -0.3 is 4.90 Å². The zero-order valence-electron chi connectivity index (χ0n) is 7.59. The summed E-state index contributed by atoms with van der Waals surface area (Å²) >= 11 is 3.18. The predicted molar refractivity (Wildman–Crippen MR) is 50.9 cm³/mol. The van der Waals surface area contributed by atoms with Crippen LogP contribution >= 0.6 is 15.9 Å². The molecule has 0 fully saturated rings. The largest absolute Gasteiger partial charge is 0.328 e. The Kier molecular flexibility index (Phi) is 4.25. The highest BCUT2D eigenvalue weighted by atomic mass is 79.9. The molecular weight excluding hydrogens is 220 g/mol. The number of carbonyl (C=O) groups excluding carboxylic acids is 1. The maximum atomic E-state index is 11.3. The van der Waals surface area contributed by atoms with Gasteiger partial charge >= 0.3 is 0 Å². The lowest BCUT2D eigenvalue weighted by molar-refractivity contribution is -0.132. The second-order valence-corrected chi connectivity index (χ2v) is 3.86. The van der Waals surface area contributed by atoms with Gasteiger partial charge in [-0.3, -0.25) is 4.79 Å². The Hall–Kier alpha value is -0.560. The maximum absolute atomic E-state index is 11.3. The molecule has 68 valence electrons. The van der Waals surface area contributed by atoms with Crippen molar-refractivity contribution < 1.29 is 4.79 Å². The number of amides is 1. The van der Waals surface area contributed by atoms with Gasteiger partial charge in [0.25, 0.3) is 0 Å². The fraction of sp³-hybridized carbons (Fsp3) is 0.750. The standard InChI is InChI=1S/C8H13BrN2O/c1-8(2,6-10)11(3)7(12)4-5-9/h4-5H2,1-3H3. The van der Waals surface area contributed by atoms with Crippen LogP contribution in [0.15, 0.2) is 0 Å². The summed E-state index contributed by atoms with van der Waals surface area (Å²) in [5, 5.41) is 9.36. The highest BCUT2D eigenvalue weighted by molar-refractivity contribution is 9.09. The molecule has 12 heavy (non-hydrogen) atoms. The summed E-state index contributed by atoms with van der Waals surface area (Å²) in [6.07, 6.45) is 0.432. The van der Waals surface area contributed by atoms with Crippen LogP contribution in [0.4, 0.5) is 0 Å². The molecule has 4 heteroatoms. The minimum Gasteiger partial charge on any atom is -0.328 e. The fourth-order valence-electron chi connectivity index (χ4n) is 0.635. The van der Waals surface area contributed by atoms with E-state index in [1.807, 2.05) is 0 Å². The van der Waals surface area contributed by atoms with E-state index in [2.05, 4.69) is 22.0 Å². The van der Waals surface area contributed by atoms with Crippen LogP contribution in [0.3, 0.4) is 0 Å². The molecule has 0 unspecified atom stereocenters. The van der Waals surface area contributed by atoms with Crippen LogP contribution in [-0.2, 0) is 4.79 Å². The van der Waals surface area contributed by atoms with E-state index in [1.165, 1.54) is 4.90 Å². The molecule has 0 rings (SSSR count). The van der Waals surface area contributed by atoms with Crippen molar-refractivity contribution in [3.8, 4) is 6.07 Å². The monoisotopic (exact) mass is 232 g/mol. The van der Waals surface area contributed by atoms with Crippen molar-refractivity contribution in [3.05, 3.63) is 0 Å². The van der Waals surface area contributed by atoms with Crippen molar-refractivity contribution in [2.24, 2.45) is 0 Å². The van der Waals surface area contributed by atoms with Gasteiger partial charge in [0.05, 0.1) is 6.07 Å². The number of halogens is 1. The number of nitriles is 1. The van der Waals surface area contributed by atoms with Gasteiger partial charge in [-0.05, 0) is 13.8 Å². The number of carbonyl (C=O) groups is 1. The zero-order valence-corrected chi connectivity index (χ0v) is 9.18. The first-order valence-corrected chi connectivity index (χ1v) is 4.81. The second kappa shape index (κ2) is 4.46. The van der Waals surface area contributed by atoms with Gasteiger partial charge in [0.1, 0.15) is 5.54 Å². The molecule has 0 aromatic heterocycles. The van der Waals surface area contributed by atoms with Crippen molar-refractivity contribution >= 4 is 21.8 Å². The summed E-state index contributed by atoms with van der Waals surface area (Å²) in [4.78, 5) is 12.8. The van der Waals surface area contributed by atoms with Gasteiger partial charge in [-0.2, -0.15) is 5.26 Å². The summed E-state index contributed by atoms with van der Waals surface area (Å²) in [7, 11) is 1.65. The summed E-state index contributed by atoms with van der Waals surface area (Å²) in [5.41, 5.74) is -0.709. The van der Waals surface area contributed by atoms with E-state index in [9.17, 15) is 4.79 Å². The lowest BCUT2D eigenvalue weighted by Crippen LogP contribution is -2.43. The van der Waals surface area contributed by atoms with E-state index in [0.717, 1.165) is 0 Å². The van der Waals surface area contributed by atoms with E-state index in [1.54, 1.807) is 20.9 Å². The molecular formula is C8H13BrN2O. The molecule has 0 aliphatic heterocycles. The van der Waals surface area contributed by atoms with Gasteiger partial charge in [0.2, 0.25) is 5.91 Å². The molecule has 0 heterocycles. The van der Waals surface area contributed by atoms with Crippen molar-refractivity contribution in [2.45, 2.75) is 25.8 Å². The molecule has 0 aromatic carbocycles. The number of hydrogen-bond donors (Lipinski definition) is 0. The van der Waals surface area contributed by atoms with Gasteiger partial charge in [-0.1, -0.05) is 15.9 Å². The maximum Gasteiger partial charge on any atom is 0.224 e. The predicted octanol–water partition coefficient (Wildman–Crippen LogP) is 1.53. The number of rotatable bonds is 3. The van der Waals surface area contributed by atoms with Crippen LogP contribution in [0, 0.1) is 11.3 Å². The second-order valence-electron chi connectivity index (χ2n) is 3.06. The minimum atomic E-state index is -0.709. The third-order valence-electron chi connectivity index (χ3n) is 1.79. The Morgan fingerprint density at radius 1 is 1.67 bits per heavy atom. The van der Waals surface area contributed by atoms with Crippen LogP contribution in [0.2, 0.25) is 0 Å². The number of hydrogen-bond acceptors (Lipinski definition) is 2. The smallest absolute Gasteiger partial charge is 0.224 e.